The molecule has 1 rings (SSSR count). The van der Waals surface area contributed by atoms with E-state index in [9.17, 15) is 10.1 Å². The van der Waals surface area contributed by atoms with Gasteiger partial charge in [-0.25, -0.2) is 0 Å². The Morgan fingerprint density at radius 3 is 2.44 bits per heavy atom. The van der Waals surface area contributed by atoms with Crippen LogP contribution >= 0.6 is 0 Å². The largest absolute Gasteiger partial charge is 0.465 e. The predicted molar refractivity (Wildman–Crippen MR) is 69.8 cm³/mol. The Kier molecular flexibility index (Phi) is 4.91. The standard InChI is InChI=1S/C15H19NO2/c1-4-15(11-16,14(17)18-5-2)12(3)13-9-7-6-8-10-13/h6-10,12H,4-5H2,1-3H3. The minimum Gasteiger partial charge on any atom is -0.465 e. The van der Waals surface area contributed by atoms with Gasteiger partial charge in [-0.3, -0.25) is 4.79 Å². The monoisotopic (exact) mass is 245 g/mol. The number of carbonyl (C=O) groups is 1. The fourth-order valence-electron chi connectivity index (χ4n) is 2.13. The van der Waals surface area contributed by atoms with Crippen LogP contribution in [0.4, 0.5) is 0 Å². The molecule has 0 saturated carbocycles. The minimum absolute atomic E-state index is 0.187. The molecule has 3 heteroatoms. The van der Waals surface area contributed by atoms with Gasteiger partial charge in [0.15, 0.2) is 5.41 Å². The van der Waals surface area contributed by atoms with E-state index in [2.05, 4.69) is 6.07 Å². The molecule has 0 radical (unpaired) electrons. The van der Waals surface area contributed by atoms with Crippen molar-refractivity contribution >= 4 is 5.97 Å². The van der Waals surface area contributed by atoms with Gasteiger partial charge in [0, 0.05) is 5.92 Å². The highest BCUT2D eigenvalue weighted by Gasteiger charge is 2.44. The van der Waals surface area contributed by atoms with E-state index in [1.54, 1.807) is 6.92 Å². The third-order valence-corrected chi connectivity index (χ3v) is 3.44. The number of rotatable bonds is 5. The van der Waals surface area contributed by atoms with Crippen molar-refractivity contribution in [2.75, 3.05) is 6.61 Å². The maximum atomic E-state index is 12.1. The smallest absolute Gasteiger partial charge is 0.327 e. The Morgan fingerprint density at radius 2 is 2.00 bits per heavy atom. The second kappa shape index (κ2) is 6.20. The summed E-state index contributed by atoms with van der Waals surface area (Å²) in [5, 5.41) is 9.45. The van der Waals surface area contributed by atoms with E-state index in [1.165, 1.54) is 0 Å². The summed E-state index contributed by atoms with van der Waals surface area (Å²) in [7, 11) is 0. The van der Waals surface area contributed by atoms with Gasteiger partial charge in [-0.1, -0.05) is 44.2 Å². The molecule has 1 aromatic carbocycles. The summed E-state index contributed by atoms with van der Waals surface area (Å²) >= 11 is 0. The molecule has 0 bridgehead atoms. The highest BCUT2D eigenvalue weighted by Crippen LogP contribution is 2.39. The van der Waals surface area contributed by atoms with E-state index in [4.69, 9.17) is 4.74 Å². The van der Waals surface area contributed by atoms with Crippen LogP contribution in [-0.4, -0.2) is 12.6 Å². The summed E-state index contributed by atoms with van der Waals surface area (Å²) in [5.41, 5.74) is -0.119. The molecule has 18 heavy (non-hydrogen) atoms. The van der Waals surface area contributed by atoms with Crippen molar-refractivity contribution < 1.29 is 9.53 Å². The van der Waals surface area contributed by atoms with E-state index in [0.717, 1.165) is 5.56 Å². The highest BCUT2D eigenvalue weighted by molar-refractivity contribution is 5.81. The van der Waals surface area contributed by atoms with Gasteiger partial charge in [-0.15, -0.1) is 0 Å². The first-order chi connectivity index (χ1) is 8.62. The number of hydrogen-bond donors (Lipinski definition) is 0. The van der Waals surface area contributed by atoms with Crippen LogP contribution < -0.4 is 0 Å². The molecular formula is C15H19NO2. The van der Waals surface area contributed by atoms with Crippen molar-refractivity contribution in [2.24, 2.45) is 5.41 Å². The van der Waals surface area contributed by atoms with Gasteiger partial charge >= 0.3 is 5.97 Å². The zero-order valence-corrected chi connectivity index (χ0v) is 11.1. The molecule has 96 valence electrons. The fraction of sp³-hybridized carbons (Fsp3) is 0.467. The molecule has 0 aromatic heterocycles. The molecule has 0 N–H and O–H groups in total. The lowest BCUT2D eigenvalue weighted by atomic mass is 9.72. The first-order valence-corrected chi connectivity index (χ1v) is 6.25. The highest BCUT2D eigenvalue weighted by atomic mass is 16.5. The molecule has 0 fully saturated rings. The number of nitriles is 1. The lowest BCUT2D eigenvalue weighted by molar-refractivity contribution is -0.153. The molecular weight excluding hydrogens is 226 g/mol. The number of carbonyl (C=O) groups excluding carboxylic acids is 1. The number of nitrogens with zero attached hydrogens (tertiary/aromatic N) is 1. The second-order valence-corrected chi connectivity index (χ2v) is 4.29. The number of hydrogen-bond acceptors (Lipinski definition) is 3. The third-order valence-electron chi connectivity index (χ3n) is 3.44. The molecule has 2 atom stereocenters. The summed E-state index contributed by atoms with van der Waals surface area (Å²) in [4.78, 5) is 12.1. The molecule has 0 heterocycles. The Morgan fingerprint density at radius 1 is 1.39 bits per heavy atom. The lowest BCUT2D eigenvalue weighted by Crippen LogP contribution is -2.36. The van der Waals surface area contributed by atoms with Crippen LogP contribution in [0.15, 0.2) is 30.3 Å². The molecule has 0 aliphatic carbocycles. The SMILES string of the molecule is CCOC(=O)C(C#N)(CC)C(C)c1ccccc1. The van der Waals surface area contributed by atoms with E-state index < -0.39 is 11.4 Å². The van der Waals surface area contributed by atoms with Gasteiger partial charge in [0.25, 0.3) is 0 Å². The normalized spacial score (nSPS) is 15.2. The average molecular weight is 245 g/mol. The second-order valence-electron chi connectivity index (χ2n) is 4.29. The predicted octanol–water partition coefficient (Wildman–Crippen LogP) is 3.27. The van der Waals surface area contributed by atoms with Crippen molar-refractivity contribution in [2.45, 2.75) is 33.1 Å². The Labute approximate surface area is 108 Å². The topological polar surface area (TPSA) is 50.1 Å². The molecule has 3 nitrogen and oxygen atoms in total. The first kappa shape index (κ1) is 14.2. The van der Waals surface area contributed by atoms with Crippen LogP contribution in [-0.2, 0) is 9.53 Å². The molecule has 0 amide bonds. The van der Waals surface area contributed by atoms with Gasteiger partial charge < -0.3 is 4.74 Å². The van der Waals surface area contributed by atoms with E-state index >= 15 is 0 Å². The fourth-order valence-corrected chi connectivity index (χ4v) is 2.13. The van der Waals surface area contributed by atoms with Crippen LogP contribution in [0, 0.1) is 16.7 Å². The molecule has 0 saturated heterocycles. The Bertz CT molecular complexity index is 436. The Balaban J connectivity index is 3.13. The number of esters is 1. The summed E-state index contributed by atoms with van der Waals surface area (Å²) in [6, 6.07) is 11.8. The van der Waals surface area contributed by atoms with Gasteiger partial charge in [-0.05, 0) is 18.9 Å². The molecule has 0 aliphatic rings. The molecule has 0 aliphatic heterocycles. The van der Waals surface area contributed by atoms with Crippen LogP contribution in [0.3, 0.4) is 0 Å². The Hall–Kier alpha value is -1.82. The van der Waals surface area contributed by atoms with Crippen molar-refractivity contribution in [1.29, 1.82) is 5.26 Å². The number of benzene rings is 1. The third kappa shape index (κ3) is 2.53. The summed E-state index contributed by atoms with van der Waals surface area (Å²) in [5.74, 6) is -0.612. The van der Waals surface area contributed by atoms with Crippen molar-refractivity contribution in [1.82, 2.24) is 0 Å². The zero-order valence-electron chi connectivity index (χ0n) is 11.1. The van der Waals surface area contributed by atoms with Crippen molar-refractivity contribution in [3.05, 3.63) is 35.9 Å². The minimum atomic E-state index is -1.10. The van der Waals surface area contributed by atoms with E-state index in [1.807, 2.05) is 44.2 Å². The quantitative estimate of drug-likeness (QED) is 0.748. The summed E-state index contributed by atoms with van der Waals surface area (Å²) < 4.78 is 5.07. The average Bonchev–Trinajstić information content (AvgIpc) is 2.42. The number of ether oxygens (including phenoxy) is 1. The molecule has 2 unspecified atom stereocenters. The molecule has 1 aromatic rings. The van der Waals surface area contributed by atoms with Gasteiger partial charge in [0.05, 0.1) is 12.7 Å². The first-order valence-electron chi connectivity index (χ1n) is 6.25. The van der Waals surface area contributed by atoms with E-state index in [0.29, 0.717) is 13.0 Å². The summed E-state index contributed by atoms with van der Waals surface area (Å²) in [6.07, 6.45) is 0.443. The van der Waals surface area contributed by atoms with Gasteiger partial charge in [0.1, 0.15) is 0 Å². The summed E-state index contributed by atoms with van der Waals surface area (Å²) in [6.45, 7) is 5.80. The van der Waals surface area contributed by atoms with Crippen LogP contribution in [0.1, 0.15) is 38.7 Å². The van der Waals surface area contributed by atoms with Gasteiger partial charge in [-0.2, -0.15) is 5.26 Å². The van der Waals surface area contributed by atoms with E-state index in [-0.39, 0.29) is 5.92 Å². The maximum absolute atomic E-state index is 12.1. The van der Waals surface area contributed by atoms with Crippen LogP contribution in [0.2, 0.25) is 0 Å². The van der Waals surface area contributed by atoms with Crippen LogP contribution in [0.25, 0.3) is 0 Å². The zero-order chi connectivity index (χ0) is 13.6. The van der Waals surface area contributed by atoms with Crippen LogP contribution in [0.5, 0.6) is 0 Å². The lowest BCUT2D eigenvalue weighted by Gasteiger charge is -2.29. The van der Waals surface area contributed by atoms with Crippen molar-refractivity contribution in [3.63, 3.8) is 0 Å². The van der Waals surface area contributed by atoms with Crippen molar-refractivity contribution in [3.8, 4) is 6.07 Å². The van der Waals surface area contributed by atoms with Gasteiger partial charge in [0.2, 0.25) is 0 Å². The molecule has 0 spiro atoms. The maximum Gasteiger partial charge on any atom is 0.327 e.